The van der Waals surface area contributed by atoms with Crippen molar-refractivity contribution >= 4 is 17.8 Å². The summed E-state index contributed by atoms with van der Waals surface area (Å²) in [6.45, 7) is 0. The van der Waals surface area contributed by atoms with Gasteiger partial charge in [-0.3, -0.25) is 0 Å². The first-order valence-corrected chi connectivity index (χ1v) is 5.56. The molecule has 0 atom stereocenters. The number of nitrogens with two attached hydrogens (primary N) is 1. The van der Waals surface area contributed by atoms with Crippen molar-refractivity contribution in [2.75, 3.05) is 37.2 Å². The van der Waals surface area contributed by atoms with Gasteiger partial charge >= 0.3 is 0 Å². The van der Waals surface area contributed by atoms with E-state index < -0.39 is 0 Å². The summed E-state index contributed by atoms with van der Waals surface area (Å²) in [5.41, 5.74) is 5.63. The number of hydrogen-bond acceptors (Lipinski definition) is 7. The molecule has 0 radical (unpaired) electrons. The maximum atomic E-state index is 5.63. The smallest absolute Gasteiger partial charge is 0.231 e. The molecule has 0 amide bonds. The van der Waals surface area contributed by atoms with Crippen LogP contribution in [-0.4, -0.2) is 48.3 Å². The van der Waals surface area contributed by atoms with Crippen LogP contribution in [0, 0.1) is 0 Å². The van der Waals surface area contributed by atoms with Crippen LogP contribution in [0.25, 0.3) is 0 Å². The molecular weight excluding hydrogens is 220 g/mol. The first-order chi connectivity index (χ1) is 8.08. The molecule has 7 heteroatoms. The zero-order valence-electron chi connectivity index (χ0n) is 10.3. The molecule has 1 aromatic heterocycles. The number of hydrogen-bond donors (Lipinski definition) is 2. The minimum atomic E-state index is 0.230. The third-order valence-electron chi connectivity index (χ3n) is 2.80. The summed E-state index contributed by atoms with van der Waals surface area (Å²) in [5, 5.41) is 3.23. The molecule has 0 unspecified atom stereocenters. The minimum Gasteiger partial charge on any atom is -0.381 e. The number of anilines is 3. The van der Waals surface area contributed by atoms with Crippen molar-refractivity contribution in [2.45, 2.75) is 25.0 Å². The van der Waals surface area contributed by atoms with E-state index in [2.05, 4.69) is 20.3 Å². The topological polar surface area (TPSA) is 89.2 Å². The number of nitrogen functional groups attached to an aromatic ring is 1. The summed E-state index contributed by atoms with van der Waals surface area (Å²) >= 11 is 0. The van der Waals surface area contributed by atoms with Crippen LogP contribution in [0.3, 0.4) is 0 Å². The summed E-state index contributed by atoms with van der Waals surface area (Å²) in [4.78, 5) is 14.2. The average molecular weight is 238 g/mol. The van der Waals surface area contributed by atoms with E-state index in [0.29, 0.717) is 24.0 Å². The van der Waals surface area contributed by atoms with Gasteiger partial charge in [-0.05, 0) is 12.8 Å². The first kappa shape index (κ1) is 11.8. The van der Waals surface area contributed by atoms with Crippen LogP contribution in [0.1, 0.15) is 12.8 Å². The maximum absolute atomic E-state index is 5.63. The fraction of sp³-hybridized carbons (Fsp3) is 0.700. The van der Waals surface area contributed by atoms with Crippen molar-refractivity contribution in [3.05, 3.63) is 0 Å². The number of nitrogens with zero attached hydrogens (tertiary/aromatic N) is 4. The predicted octanol–water partition coefficient (Wildman–Crippen LogP) is 0.109. The molecule has 3 N–H and O–H groups in total. The van der Waals surface area contributed by atoms with Crippen LogP contribution >= 0.6 is 0 Å². The third-order valence-corrected chi connectivity index (χ3v) is 2.80. The van der Waals surface area contributed by atoms with Gasteiger partial charge in [0.2, 0.25) is 17.8 Å². The molecule has 0 spiro atoms. The molecule has 0 aliphatic heterocycles. The van der Waals surface area contributed by atoms with Crippen molar-refractivity contribution < 1.29 is 4.74 Å². The predicted molar refractivity (Wildman–Crippen MR) is 66.0 cm³/mol. The van der Waals surface area contributed by atoms with Crippen molar-refractivity contribution in [1.82, 2.24) is 15.0 Å². The normalized spacial score (nSPS) is 23.0. The van der Waals surface area contributed by atoms with E-state index in [1.54, 1.807) is 12.0 Å². The quantitative estimate of drug-likeness (QED) is 0.769. The van der Waals surface area contributed by atoms with Crippen LogP contribution in [0.15, 0.2) is 0 Å². The highest BCUT2D eigenvalue weighted by Crippen LogP contribution is 2.25. The Morgan fingerprint density at radius 3 is 2.59 bits per heavy atom. The SMILES string of the molecule is COC1CC(Nc2nc(N)nc(N(C)C)n2)C1. The molecule has 7 nitrogen and oxygen atoms in total. The lowest BCUT2D eigenvalue weighted by molar-refractivity contribution is 0.0327. The molecule has 0 saturated heterocycles. The molecule has 1 fully saturated rings. The Kier molecular flexibility index (Phi) is 3.28. The second-order valence-corrected chi connectivity index (χ2v) is 4.38. The molecule has 1 aliphatic carbocycles. The van der Waals surface area contributed by atoms with E-state index in [0.717, 1.165) is 12.8 Å². The van der Waals surface area contributed by atoms with Gasteiger partial charge in [0.25, 0.3) is 0 Å². The summed E-state index contributed by atoms with van der Waals surface area (Å²) in [5.74, 6) is 1.32. The number of methoxy groups -OCH3 is 1. The van der Waals surface area contributed by atoms with E-state index in [4.69, 9.17) is 10.5 Å². The van der Waals surface area contributed by atoms with Crippen LogP contribution in [0.5, 0.6) is 0 Å². The van der Waals surface area contributed by atoms with Gasteiger partial charge in [0.15, 0.2) is 0 Å². The molecule has 1 saturated carbocycles. The molecule has 2 rings (SSSR count). The largest absolute Gasteiger partial charge is 0.381 e. The van der Waals surface area contributed by atoms with Crippen molar-refractivity contribution in [2.24, 2.45) is 0 Å². The van der Waals surface area contributed by atoms with E-state index in [-0.39, 0.29) is 5.95 Å². The fourth-order valence-electron chi connectivity index (χ4n) is 1.70. The lowest BCUT2D eigenvalue weighted by Crippen LogP contribution is -2.40. The summed E-state index contributed by atoms with van der Waals surface area (Å²) in [7, 11) is 5.46. The van der Waals surface area contributed by atoms with Crippen LogP contribution in [0.2, 0.25) is 0 Å². The highest BCUT2D eigenvalue weighted by molar-refractivity contribution is 5.41. The Morgan fingerprint density at radius 2 is 2.00 bits per heavy atom. The maximum Gasteiger partial charge on any atom is 0.231 e. The fourth-order valence-corrected chi connectivity index (χ4v) is 1.70. The van der Waals surface area contributed by atoms with E-state index >= 15 is 0 Å². The summed E-state index contributed by atoms with van der Waals surface area (Å²) < 4.78 is 5.21. The van der Waals surface area contributed by atoms with Gasteiger partial charge in [0.05, 0.1) is 6.10 Å². The monoisotopic (exact) mass is 238 g/mol. The Hall–Kier alpha value is -1.63. The number of rotatable bonds is 4. The lowest BCUT2D eigenvalue weighted by Gasteiger charge is -2.34. The number of aromatic nitrogens is 3. The van der Waals surface area contributed by atoms with Gasteiger partial charge < -0.3 is 20.7 Å². The van der Waals surface area contributed by atoms with Gasteiger partial charge in [-0.2, -0.15) is 15.0 Å². The zero-order chi connectivity index (χ0) is 12.4. The Balaban J connectivity index is 2.01. The van der Waals surface area contributed by atoms with Crippen LogP contribution in [-0.2, 0) is 4.74 Å². The summed E-state index contributed by atoms with van der Waals surface area (Å²) in [6.07, 6.45) is 2.29. The highest BCUT2D eigenvalue weighted by atomic mass is 16.5. The molecule has 1 aliphatic rings. The lowest BCUT2D eigenvalue weighted by atomic mass is 9.89. The van der Waals surface area contributed by atoms with E-state index in [1.165, 1.54) is 0 Å². The average Bonchev–Trinajstić information content (AvgIpc) is 2.21. The van der Waals surface area contributed by atoms with Gasteiger partial charge in [-0.25, -0.2) is 0 Å². The Morgan fingerprint density at radius 1 is 1.29 bits per heavy atom. The molecule has 17 heavy (non-hydrogen) atoms. The third kappa shape index (κ3) is 2.73. The van der Waals surface area contributed by atoms with Gasteiger partial charge in [0, 0.05) is 27.2 Å². The van der Waals surface area contributed by atoms with Crippen molar-refractivity contribution in [3.63, 3.8) is 0 Å². The van der Waals surface area contributed by atoms with Crippen LogP contribution < -0.4 is 16.0 Å². The minimum absolute atomic E-state index is 0.230. The molecular formula is C10H18N6O. The standard InChI is InChI=1S/C10H18N6O/c1-16(2)10-14-8(11)13-9(15-10)12-6-4-7(5-6)17-3/h6-7H,4-5H2,1-3H3,(H3,11,12,13,14,15). The van der Waals surface area contributed by atoms with E-state index in [1.807, 2.05) is 14.1 Å². The van der Waals surface area contributed by atoms with Gasteiger partial charge in [0.1, 0.15) is 0 Å². The summed E-state index contributed by atoms with van der Waals surface area (Å²) in [6, 6.07) is 0.358. The molecule has 1 aromatic rings. The first-order valence-electron chi connectivity index (χ1n) is 5.56. The van der Waals surface area contributed by atoms with Crippen molar-refractivity contribution in [1.29, 1.82) is 0 Å². The Labute approximate surface area is 100 Å². The highest BCUT2D eigenvalue weighted by Gasteiger charge is 2.29. The van der Waals surface area contributed by atoms with Gasteiger partial charge in [-0.15, -0.1) is 0 Å². The Bertz CT molecular complexity index is 390. The molecule has 0 bridgehead atoms. The van der Waals surface area contributed by atoms with Crippen molar-refractivity contribution in [3.8, 4) is 0 Å². The second kappa shape index (κ2) is 4.70. The zero-order valence-corrected chi connectivity index (χ0v) is 10.3. The van der Waals surface area contributed by atoms with E-state index in [9.17, 15) is 0 Å². The molecule has 94 valence electrons. The number of ether oxygens (including phenoxy) is 1. The molecule has 0 aromatic carbocycles. The molecule has 1 heterocycles. The van der Waals surface area contributed by atoms with Gasteiger partial charge in [-0.1, -0.05) is 0 Å². The number of nitrogens with one attached hydrogen (secondary N) is 1. The second-order valence-electron chi connectivity index (χ2n) is 4.38. The van der Waals surface area contributed by atoms with Crippen LogP contribution in [0.4, 0.5) is 17.8 Å².